The van der Waals surface area contributed by atoms with Gasteiger partial charge in [-0.2, -0.15) is 9.94 Å². The van der Waals surface area contributed by atoms with Crippen LogP contribution in [0, 0.1) is 11.3 Å². The molecule has 28 heavy (non-hydrogen) atoms. The number of hydrogen-bond acceptors (Lipinski definition) is 6. The molecule has 0 unspecified atom stereocenters. The smallest absolute Gasteiger partial charge is 0.349 e. The van der Waals surface area contributed by atoms with Crippen LogP contribution in [-0.2, 0) is 0 Å². The number of nitriles is 1. The summed E-state index contributed by atoms with van der Waals surface area (Å²) in [5, 5.41) is 12.8. The zero-order valence-electron chi connectivity index (χ0n) is 13.7. The van der Waals surface area contributed by atoms with Crippen molar-refractivity contribution in [2.45, 2.75) is 0 Å². The van der Waals surface area contributed by atoms with Gasteiger partial charge in [-0.05, 0) is 56.1 Å². The standard InChI is InChI=1S/C17H8Br2N6O3/c18-10-3-8(25-17(27)23-16(26)14(6-20)24-25)4-11(19)15(10)28-9-1-2-12-13(5-9)22-7-21-12/h1-5,7H,(H,21,22)(H,23,26,27). The number of nitrogens with one attached hydrogen (secondary N) is 2. The maximum Gasteiger partial charge on any atom is 0.349 e. The van der Waals surface area contributed by atoms with Gasteiger partial charge < -0.3 is 9.72 Å². The van der Waals surface area contributed by atoms with Gasteiger partial charge in [-0.3, -0.25) is 9.78 Å². The van der Waals surface area contributed by atoms with Gasteiger partial charge >= 0.3 is 5.69 Å². The van der Waals surface area contributed by atoms with Crippen LogP contribution in [0.2, 0.25) is 0 Å². The molecule has 138 valence electrons. The molecule has 0 bridgehead atoms. The summed E-state index contributed by atoms with van der Waals surface area (Å²) in [6.45, 7) is 0. The molecule has 0 aliphatic heterocycles. The van der Waals surface area contributed by atoms with E-state index in [2.05, 4.69) is 51.9 Å². The lowest BCUT2D eigenvalue weighted by molar-refractivity contribution is 0.477. The third-order valence-electron chi connectivity index (χ3n) is 3.77. The Labute approximate surface area is 172 Å². The molecule has 2 aromatic heterocycles. The number of benzene rings is 2. The van der Waals surface area contributed by atoms with Crippen LogP contribution in [0.25, 0.3) is 16.7 Å². The van der Waals surface area contributed by atoms with E-state index in [-0.39, 0.29) is 0 Å². The van der Waals surface area contributed by atoms with Gasteiger partial charge in [-0.15, -0.1) is 5.10 Å². The van der Waals surface area contributed by atoms with Gasteiger partial charge in [0.1, 0.15) is 11.8 Å². The Hall–Kier alpha value is -3.23. The van der Waals surface area contributed by atoms with Crippen LogP contribution >= 0.6 is 31.9 Å². The van der Waals surface area contributed by atoms with Crippen LogP contribution in [0.15, 0.2) is 55.2 Å². The fraction of sp³-hybridized carbons (Fsp3) is 0. The molecule has 0 saturated heterocycles. The van der Waals surface area contributed by atoms with Crippen molar-refractivity contribution in [3.63, 3.8) is 0 Å². The molecule has 2 heterocycles. The van der Waals surface area contributed by atoms with Crippen molar-refractivity contribution in [2.75, 3.05) is 0 Å². The SMILES string of the molecule is N#Cc1nn(-c2cc(Br)c(Oc3ccc4nc[nH]c4c3)c(Br)c2)c(=O)[nH]c1=O. The lowest BCUT2D eigenvalue weighted by Crippen LogP contribution is -2.33. The van der Waals surface area contributed by atoms with Gasteiger partial charge in [-0.1, -0.05) is 0 Å². The van der Waals surface area contributed by atoms with E-state index in [1.165, 1.54) is 0 Å². The largest absolute Gasteiger partial charge is 0.455 e. The fourth-order valence-electron chi connectivity index (χ4n) is 2.51. The molecular weight excluding hydrogens is 496 g/mol. The average molecular weight is 504 g/mol. The lowest BCUT2D eigenvalue weighted by atomic mass is 10.3. The van der Waals surface area contributed by atoms with Crippen molar-refractivity contribution in [1.29, 1.82) is 5.26 Å². The Balaban J connectivity index is 1.76. The molecule has 0 spiro atoms. The summed E-state index contributed by atoms with van der Waals surface area (Å²) in [4.78, 5) is 32.8. The summed E-state index contributed by atoms with van der Waals surface area (Å²) >= 11 is 6.83. The van der Waals surface area contributed by atoms with Crippen molar-refractivity contribution < 1.29 is 4.74 Å². The lowest BCUT2D eigenvalue weighted by Gasteiger charge is -2.12. The van der Waals surface area contributed by atoms with Crippen molar-refractivity contribution in [2.24, 2.45) is 0 Å². The number of aromatic amines is 2. The first-order valence-corrected chi connectivity index (χ1v) is 9.29. The third kappa shape index (κ3) is 3.23. The van der Waals surface area contributed by atoms with Crippen LogP contribution in [0.5, 0.6) is 11.5 Å². The number of ether oxygens (including phenoxy) is 1. The number of halogens is 2. The number of H-pyrrole nitrogens is 2. The van der Waals surface area contributed by atoms with Gasteiger partial charge in [0.15, 0.2) is 5.75 Å². The quantitative estimate of drug-likeness (QED) is 0.442. The number of aromatic nitrogens is 5. The molecule has 4 rings (SSSR count). The number of fused-ring (bicyclic) bond motifs is 1. The number of hydrogen-bond donors (Lipinski definition) is 2. The van der Waals surface area contributed by atoms with Gasteiger partial charge in [0.25, 0.3) is 5.56 Å². The highest BCUT2D eigenvalue weighted by molar-refractivity contribution is 9.11. The molecule has 0 atom stereocenters. The minimum Gasteiger partial charge on any atom is -0.455 e. The second-order valence-electron chi connectivity index (χ2n) is 5.55. The molecule has 2 N–H and O–H groups in total. The maximum atomic E-state index is 12.1. The molecule has 0 aliphatic carbocycles. The predicted molar refractivity (Wildman–Crippen MR) is 107 cm³/mol. The zero-order chi connectivity index (χ0) is 19.8. The van der Waals surface area contributed by atoms with E-state index in [1.807, 2.05) is 12.1 Å². The summed E-state index contributed by atoms with van der Waals surface area (Å²) in [5.74, 6) is 1.05. The minimum absolute atomic E-state index is 0.327. The molecule has 0 amide bonds. The first kappa shape index (κ1) is 18.1. The molecule has 11 heteroatoms. The first-order valence-electron chi connectivity index (χ1n) is 7.70. The van der Waals surface area contributed by atoms with Crippen LogP contribution in [0.1, 0.15) is 5.69 Å². The highest BCUT2D eigenvalue weighted by atomic mass is 79.9. The second kappa shape index (κ2) is 7.06. The van der Waals surface area contributed by atoms with E-state index in [0.29, 0.717) is 26.1 Å². The molecule has 9 nitrogen and oxygen atoms in total. The number of imidazole rings is 1. The van der Waals surface area contributed by atoms with Crippen LogP contribution in [0.3, 0.4) is 0 Å². The van der Waals surface area contributed by atoms with Crippen LogP contribution in [0.4, 0.5) is 0 Å². The van der Waals surface area contributed by atoms with E-state index >= 15 is 0 Å². The van der Waals surface area contributed by atoms with E-state index in [4.69, 9.17) is 10.00 Å². The predicted octanol–water partition coefficient (Wildman–Crippen LogP) is 2.99. The molecule has 0 radical (unpaired) electrons. The topological polar surface area (TPSA) is 129 Å². The van der Waals surface area contributed by atoms with E-state index in [1.54, 1.807) is 30.6 Å². The van der Waals surface area contributed by atoms with E-state index < -0.39 is 16.9 Å². The monoisotopic (exact) mass is 502 g/mol. The Morgan fingerprint density at radius 1 is 1.14 bits per heavy atom. The zero-order valence-corrected chi connectivity index (χ0v) is 16.9. The Bertz CT molecular complexity index is 1360. The van der Waals surface area contributed by atoms with Crippen LogP contribution in [-0.4, -0.2) is 24.7 Å². The summed E-state index contributed by atoms with van der Waals surface area (Å²) in [6, 6.07) is 10.2. The minimum atomic E-state index is -0.837. The van der Waals surface area contributed by atoms with Gasteiger partial charge in [0.05, 0.1) is 32.0 Å². The van der Waals surface area contributed by atoms with Crippen LogP contribution < -0.4 is 16.0 Å². The van der Waals surface area contributed by atoms with E-state index in [0.717, 1.165) is 15.7 Å². The number of rotatable bonds is 3. The normalized spacial score (nSPS) is 10.8. The van der Waals surface area contributed by atoms with Crippen molar-refractivity contribution in [3.05, 3.63) is 72.1 Å². The average Bonchev–Trinajstić information content (AvgIpc) is 3.12. The summed E-state index contributed by atoms with van der Waals surface area (Å²) in [5.41, 5.74) is -0.0443. The fourth-order valence-corrected chi connectivity index (χ4v) is 3.83. The van der Waals surface area contributed by atoms with Crippen molar-refractivity contribution in [1.82, 2.24) is 24.7 Å². The maximum absolute atomic E-state index is 12.1. The molecule has 4 aromatic rings. The Morgan fingerprint density at radius 2 is 1.89 bits per heavy atom. The van der Waals surface area contributed by atoms with Gasteiger partial charge in [0, 0.05) is 6.07 Å². The number of nitrogens with zero attached hydrogens (tertiary/aromatic N) is 4. The highest BCUT2D eigenvalue weighted by Crippen LogP contribution is 2.38. The second-order valence-corrected chi connectivity index (χ2v) is 7.26. The molecule has 2 aromatic carbocycles. The van der Waals surface area contributed by atoms with Gasteiger partial charge in [-0.25, -0.2) is 9.78 Å². The molecule has 0 saturated carbocycles. The van der Waals surface area contributed by atoms with E-state index in [9.17, 15) is 9.59 Å². The highest BCUT2D eigenvalue weighted by Gasteiger charge is 2.15. The molecular formula is C17H8Br2N6O3. The summed E-state index contributed by atoms with van der Waals surface area (Å²) < 4.78 is 7.93. The molecule has 0 aliphatic rings. The summed E-state index contributed by atoms with van der Waals surface area (Å²) in [7, 11) is 0. The summed E-state index contributed by atoms with van der Waals surface area (Å²) in [6.07, 6.45) is 1.60. The molecule has 0 fully saturated rings. The van der Waals surface area contributed by atoms with Gasteiger partial charge in [0.2, 0.25) is 5.69 Å². The van der Waals surface area contributed by atoms with Crippen molar-refractivity contribution >= 4 is 42.9 Å². The Kier molecular flexibility index (Phi) is 4.58. The van der Waals surface area contributed by atoms with Crippen molar-refractivity contribution in [3.8, 4) is 23.3 Å². The third-order valence-corrected chi connectivity index (χ3v) is 4.95. The first-order chi connectivity index (χ1) is 13.5. The Morgan fingerprint density at radius 3 is 2.61 bits per heavy atom.